The van der Waals surface area contributed by atoms with Crippen molar-refractivity contribution >= 4 is 18.3 Å². The lowest BCUT2D eigenvalue weighted by Gasteiger charge is -2.28. The summed E-state index contributed by atoms with van der Waals surface area (Å²) in [6.07, 6.45) is 0. The van der Waals surface area contributed by atoms with Crippen LogP contribution >= 0.6 is 12.4 Å². The number of nitrogens with zero attached hydrogens (tertiary/aromatic N) is 3. The van der Waals surface area contributed by atoms with E-state index in [2.05, 4.69) is 43.1 Å². The van der Waals surface area contributed by atoms with Crippen LogP contribution in [0.15, 0.2) is 41.2 Å². The molecule has 28 heavy (non-hydrogen) atoms. The second-order valence-corrected chi connectivity index (χ2v) is 8.15. The summed E-state index contributed by atoms with van der Waals surface area (Å²) in [4.78, 5) is 29.4. The highest BCUT2D eigenvalue weighted by Gasteiger charge is 2.47. The average Bonchev–Trinajstić information content (AvgIpc) is 3.15. The molecule has 4 rings (SSSR count). The highest BCUT2D eigenvalue weighted by Crippen LogP contribution is 2.45. The number of rotatable bonds is 2. The third-order valence-corrected chi connectivity index (χ3v) is 6.43. The van der Waals surface area contributed by atoms with Crippen molar-refractivity contribution in [1.29, 1.82) is 0 Å². The Labute approximate surface area is 172 Å². The van der Waals surface area contributed by atoms with Crippen molar-refractivity contribution in [3.05, 3.63) is 69.1 Å². The Morgan fingerprint density at radius 2 is 1.75 bits per heavy atom. The summed E-state index contributed by atoms with van der Waals surface area (Å²) < 4.78 is 1.82. The zero-order valence-corrected chi connectivity index (χ0v) is 17.7. The molecule has 2 aromatic rings. The summed E-state index contributed by atoms with van der Waals surface area (Å²) in [5, 5.41) is 0. The van der Waals surface area contributed by atoms with Gasteiger partial charge < -0.3 is 9.47 Å². The predicted molar refractivity (Wildman–Crippen MR) is 113 cm³/mol. The highest BCUT2D eigenvalue weighted by atomic mass is 35.5. The lowest BCUT2D eigenvalue weighted by Crippen LogP contribution is -2.35. The smallest absolute Gasteiger partial charge is 0.270 e. The summed E-state index contributed by atoms with van der Waals surface area (Å²) in [5.74, 6) is 0.881. The van der Waals surface area contributed by atoms with Gasteiger partial charge in [-0.3, -0.25) is 14.5 Å². The van der Waals surface area contributed by atoms with E-state index in [4.69, 9.17) is 0 Å². The largest absolute Gasteiger partial charge is 0.344 e. The minimum atomic E-state index is -0.106. The minimum absolute atomic E-state index is 0. The topological polar surface area (TPSA) is 45.6 Å². The molecule has 1 aromatic heterocycles. The molecule has 150 valence electrons. The molecule has 1 aromatic carbocycles. The number of likely N-dealkylation sites (tertiary alicyclic amines) is 2. The number of hydrogen-bond donors (Lipinski definition) is 0. The Bertz CT molecular complexity index is 955. The van der Waals surface area contributed by atoms with Gasteiger partial charge in [0, 0.05) is 56.5 Å². The number of benzene rings is 1. The van der Waals surface area contributed by atoms with Crippen LogP contribution in [-0.4, -0.2) is 47.0 Å². The first-order chi connectivity index (χ1) is 12.9. The predicted octanol–water partition coefficient (Wildman–Crippen LogP) is 2.80. The summed E-state index contributed by atoms with van der Waals surface area (Å²) >= 11 is 0. The van der Waals surface area contributed by atoms with Crippen molar-refractivity contribution in [2.75, 3.05) is 26.7 Å². The molecule has 2 saturated heterocycles. The zero-order chi connectivity index (χ0) is 19.3. The molecular weight excluding hydrogens is 374 g/mol. The lowest BCUT2D eigenvalue weighted by atomic mass is 9.88. The zero-order valence-electron chi connectivity index (χ0n) is 16.9. The molecular formula is C22H28ClN3O2. The van der Waals surface area contributed by atoms with Gasteiger partial charge in [-0.2, -0.15) is 0 Å². The van der Waals surface area contributed by atoms with E-state index in [9.17, 15) is 9.59 Å². The van der Waals surface area contributed by atoms with E-state index < -0.39 is 0 Å². The van der Waals surface area contributed by atoms with Gasteiger partial charge in [0.05, 0.1) is 0 Å². The number of aryl methyl sites for hydroxylation is 2. The van der Waals surface area contributed by atoms with Crippen molar-refractivity contribution in [3.8, 4) is 0 Å². The SMILES string of the molecule is Cc1ccccc1[C@@H]1[C@@H]2CN(C(=O)c3cc(=O)cc(C)n3C)C[C@@H]2CN1C.Cl. The number of hydrogen-bond acceptors (Lipinski definition) is 3. The van der Waals surface area contributed by atoms with Gasteiger partial charge in [-0.15, -0.1) is 12.4 Å². The molecule has 0 unspecified atom stereocenters. The van der Waals surface area contributed by atoms with Crippen LogP contribution in [0.25, 0.3) is 0 Å². The third-order valence-electron chi connectivity index (χ3n) is 6.43. The fraction of sp³-hybridized carbons (Fsp3) is 0.455. The molecule has 0 spiro atoms. The molecule has 3 atom stereocenters. The molecule has 0 N–H and O–H groups in total. The number of carbonyl (C=O) groups excluding carboxylic acids is 1. The van der Waals surface area contributed by atoms with Crippen molar-refractivity contribution in [3.63, 3.8) is 0 Å². The maximum Gasteiger partial charge on any atom is 0.270 e. The maximum atomic E-state index is 13.1. The normalized spacial score (nSPS) is 24.1. The minimum Gasteiger partial charge on any atom is -0.344 e. The highest BCUT2D eigenvalue weighted by molar-refractivity contribution is 5.93. The summed E-state index contributed by atoms with van der Waals surface area (Å²) in [5.41, 5.74) is 3.86. The number of fused-ring (bicyclic) bond motifs is 1. The maximum absolute atomic E-state index is 13.1. The fourth-order valence-corrected chi connectivity index (χ4v) is 4.94. The summed E-state index contributed by atoms with van der Waals surface area (Å²) in [7, 11) is 4.04. The van der Waals surface area contributed by atoms with Gasteiger partial charge in [0.15, 0.2) is 5.43 Å². The van der Waals surface area contributed by atoms with E-state index in [0.29, 0.717) is 23.6 Å². The molecule has 6 heteroatoms. The van der Waals surface area contributed by atoms with E-state index in [1.807, 2.05) is 23.4 Å². The molecule has 0 aliphatic carbocycles. The Kier molecular flexibility index (Phi) is 5.69. The Hall–Kier alpha value is -2.11. The van der Waals surface area contributed by atoms with Crippen LogP contribution in [0.5, 0.6) is 0 Å². The first-order valence-electron chi connectivity index (χ1n) is 9.59. The Morgan fingerprint density at radius 3 is 2.46 bits per heavy atom. The van der Waals surface area contributed by atoms with E-state index in [1.54, 1.807) is 6.07 Å². The van der Waals surface area contributed by atoms with Gasteiger partial charge in [0.2, 0.25) is 0 Å². The van der Waals surface area contributed by atoms with Crippen molar-refractivity contribution in [1.82, 2.24) is 14.4 Å². The van der Waals surface area contributed by atoms with Crippen LogP contribution in [-0.2, 0) is 7.05 Å². The van der Waals surface area contributed by atoms with Crippen molar-refractivity contribution < 1.29 is 4.79 Å². The van der Waals surface area contributed by atoms with Gasteiger partial charge >= 0.3 is 0 Å². The van der Waals surface area contributed by atoms with Crippen LogP contribution < -0.4 is 5.43 Å². The number of amides is 1. The Morgan fingerprint density at radius 1 is 1.04 bits per heavy atom. The number of pyridine rings is 1. The van der Waals surface area contributed by atoms with Crippen LogP contribution in [0, 0.1) is 25.7 Å². The van der Waals surface area contributed by atoms with Crippen LogP contribution in [0.1, 0.15) is 33.4 Å². The molecule has 3 heterocycles. The molecule has 5 nitrogen and oxygen atoms in total. The first-order valence-corrected chi connectivity index (χ1v) is 9.59. The van der Waals surface area contributed by atoms with Crippen LogP contribution in [0.4, 0.5) is 0 Å². The third kappa shape index (κ3) is 3.38. The van der Waals surface area contributed by atoms with Crippen molar-refractivity contribution in [2.45, 2.75) is 19.9 Å². The second kappa shape index (κ2) is 7.72. The standard InChI is InChI=1S/C22H27N3O2.ClH/c1-14-7-5-6-8-18(14)21-19-13-25(12-16(19)11-23(21)3)22(27)20-10-17(26)9-15(2)24(20)4;/h5-10,16,19,21H,11-13H2,1-4H3;1H/t16-,19+,21+;/m0./s1. The second-order valence-electron chi connectivity index (χ2n) is 8.15. The molecule has 2 aliphatic heterocycles. The summed E-state index contributed by atoms with van der Waals surface area (Å²) in [6, 6.07) is 11.9. The lowest BCUT2D eigenvalue weighted by molar-refractivity contribution is 0.0757. The van der Waals surface area contributed by atoms with Crippen molar-refractivity contribution in [2.24, 2.45) is 18.9 Å². The molecule has 0 saturated carbocycles. The van der Waals surface area contributed by atoms with E-state index in [0.717, 1.165) is 25.3 Å². The van der Waals surface area contributed by atoms with Gasteiger partial charge in [0.1, 0.15) is 5.69 Å². The van der Waals surface area contributed by atoms with E-state index in [1.165, 1.54) is 17.2 Å². The molecule has 2 fully saturated rings. The quantitative estimate of drug-likeness (QED) is 0.777. The van der Waals surface area contributed by atoms with Gasteiger partial charge in [-0.05, 0) is 37.9 Å². The Balaban J connectivity index is 0.00000225. The number of aromatic nitrogens is 1. The molecule has 0 radical (unpaired) electrons. The van der Waals surface area contributed by atoms with Crippen LogP contribution in [0.2, 0.25) is 0 Å². The molecule has 2 aliphatic rings. The molecule has 1 amide bonds. The van der Waals surface area contributed by atoms with E-state index in [-0.39, 0.29) is 23.7 Å². The van der Waals surface area contributed by atoms with Gasteiger partial charge in [-0.25, -0.2) is 0 Å². The monoisotopic (exact) mass is 401 g/mol. The fourth-order valence-electron chi connectivity index (χ4n) is 4.94. The first kappa shape index (κ1) is 20.6. The summed E-state index contributed by atoms with van der Waals surface area (Å²) in [6.45, 7) is 6.53. The number of carbonyl (C=O) groups is 1. The molecule has 0 bridgehead atoms. The number of halogens is 1. The van der Waals surface area contributed by atoms with Gasteiger partial charge in [0.25, 0.3) is 5.91 Å². The average molecular weight is 402 g/mol. The van der Waals surface area contributed by atoms with E-state index >= 15 is 0 Å². The van der Waals surface area contributed by atoms with Gasteiger partial charge in [-0.1, -0.05) is 24.3 Å². The van der Waals surface area contributed by atoms with Crippen LogP contribution in [0.3, 0.4) is 0 Å².